The standard InChI is InChI=1S/C29H41NO4/c1-25(2,3)26(4,32)20-15-27-10-11-29(20,33-5)24-28(27)12-13-30(16-17-6-7-17)21(27)14-18-8-9-19(31)23(34-24)22(18)28/h8-9,17,20-21,24,31-32H,6-7,10-16H2,1-5H3/t20?,21?,24-,26+,27?,28+,29?/m1/s1. The first-order chi connectivity index (χ1) is 16.0. The lowest BCUT2D eigenvalue weighted by Crippen LogP contribution is -2.83. The molecule has 1 saturated heterocycles. The van der Waals surface area contributed by atoms with Crippen LogP contribution in [-0.2, 0) is 16.6 Å². The molecule has 7 aliphatic rings. The molecule has 0 aromatic heterocycles. The van der Waals surface area contributed by atoms with Crippen LogP contribution in [0.4, 0.5) is 0 Å². The predicted molar refractivity (Wildman–Crippen MR) is 130 cm³/mol. The molecule has 4 bridgehead atoms. The Morgan fingerprint density at radius 1 is 1.15 bits per heavy atom. The molecular formula is C29H41NO4. The summed E-state index contributed by atoms with van der Waals surface area (Å²) in [6.07, 6.45) is 7.64. The van der Waals surface area contributed by atoms with E-state index in [1.165, 1.54) is 30.5 Å². The van der Waals surface area contributed by atoms with Crippen molar-refractivity contribution in [2.75, 3.05) is 20.2 Å². The summed E-state index contributed by atoms with van der Waals surface area (Å²) >= 11 is 0. The minimum Gasteiger partial charge on any atom is -0.504 e. The molecule has 2 aliphatic heterocycles. The highest BCUT2D eigenvalue weighted by Gasteiger charge is 2.82. The van der Waals surface area contributed by atoms with Crippen molar-refractivity contribution in [3.63, 3.8) is 0 Å². The maximum Gasteiger partial charge on any atom is 0.165 e. The Morgan fingerprint density at radius 3 is 2.59 bits per heavy atom. The third-order valence-corrected chi connectivity index (χ3v) is 11.9. The van der Waals surface area contributed by atoms with Gasteiger partial charge in [0.25, 0.3) is 0 Å². The summed E-state index contributed by atoms with van der Waals surface area (Å²) in [6, 6.07) is 4.46. The first-order valence-electron chi connectivity index (χ1n) is 13.6. The molecule has 0 amide bonds. The van der Waals surface area contributed by atoms with Crippen LogP contribution in [0.1, 0.15) is 77.3 Å². The van der Waals surface area contributed by atoms with Crippen LogP contribution in [0.3, 0.4) is 0 Å². The summed E-state index contributed by atoms with van der Waals surface area (Å²) in [5.41, 5.74) is 0.783. The van der Waals surface area contributed by atoms with Crippen molar-refractivity contribution in [3.8, 4) is 11.5 Å². The summed E-state index contributed by atoms with van der Waals surface area (Å²) in [6.45, 7) is 10.8. The quantitative estimate of drug-likeness (QED) is 0.687. The molecule has 5 nitrogen and oxygen atoms in total. The van der Waals surface area contributed by atoms with Gasteiger partial charge in [0.2, 0.25) is 0 Å². The lowest BCUT2D eigenvalue weighted by atomic mass is 9.33. The van der Waals surface area contributed by atoms with Gasteiger partial charge in [0.05, 0.1) is 5.60 Å². The van der Waals surface area contributed by atoms with Gasteiger partial charge in [-0.25, -0.2) is 0 Å². The summed E-state index contributed by atoms with van der Waals surface area (Å²) < 4.78 is 13.5. The predicted octanol–water partition coefficient (Wildman–Crippen LogP) is 4.41. The van der Waals surface area contributed by atoms with Crippen molar-refractivity contribution in [1.29, 1.82) is 0 Å². The second-order valence-electron chi connectivity index (χ2n) is 13.8. The van der Waals surface area contributed by atoms with Crippen LogP contribution in [-0.4, -0.2) is 58.7 Å². The Bertz CT molecular complexity index is 1060. The van der Waals surface area contributed by atoms with Gasteiger partial charge in [0.15, 0.2) is 11.5 Å². The summed E-state index contributed by atoms with van der Waals surface area (Å²) in [5.74, 6) is 1.80. The van der Waals surface area contributed by atoms with E-state index in [4.69, 9.17) is 9.47 Å². The van der Waals surface area contributed by atoms with Crippen LogP contribution >= 0.6 is 0 Å². The van der Waals surface area contributed by atoms with Crippen molar-refractivity contribution in [1.82, 2.24) is 4.90 Å². The van der Waals surface area contributed by atoms with Crippen LogP contribution < -0.4 is 4.74 Å². The van der Waals surface area contributed by atoms with Crippen molar-refractivity contribution in [2.45, 2.75) is 101 Å². The summed E-state index contributed by atoms with van der Waals surface area (Å²) in [5, 5.41) is 23.2. The number of fused-ring (bicyclic) bond motifs is 2. The molecule has 1 aromatic carbocycles. The number of hydrogen-bond donors (Lipinski definition) is 2. The highest BCUT2D eigenvalue weighted by Crippen LogP contribution is 2.78. The van der Waals surface area contributed by atoms with Crippen molar-refractivity contribution >= 4 is 0 Å². The normalized spacial score (nSPS) is 43.9. The number of methoxy groups -OCH3 is 1. The van der Waals surface area contributed by atoms with Crippen LogP contribution in [0.2, 0.25) is 0 Å². The number of piperidine rings is 1. The monoisotopic (exact) mass is 467 g/mol. The molecule has 5 aliphatic carbocycles. The Hall–Kier alpha value is -1.30. The smallest absolute Gasteiger partial charge is 0.165 e. The number of benzene rings is 1. The second-order valence-corrected chi connectivity index (χ2v) is 13.8. The number of aromatic hydroxyl groups is 1. The fourth-order valence-corrected chi connectivity index (χ4v) is 9.58. The molecule has 2 heterocycles. The van der Waals surface area contributed by atoms with E-state index in [-0.39, 0.29) is 34.0 Å². The molecule has 186 valence electrons. The molecule has 0 radical (unpaired) electrons. The molecule has 5 heteroatoms. The average Bonchev–Trinajstić information content (AvgIpc) is 3.53. The minimum atomic E-state index is -0.909. The van der Waals surface area contributed by atoms with Gasteiger partial charge in [-0.2, -0.15) is 0 Å². The Morgan fingerprint density at radius 2 is 1.91 bits per heavy atom. The van der Waals surface area contributed by atoms with Gasteiger partial charge in [-0.3, -0.25) is 4.90 Å². The van der Waals surface area contributed by atoms with Crippen molar-refractivity contribution in [3.05, 3.63) is 23.3 Å². The summed E-state index contributed by atoms with van der Waals surface area (Å²) in [7, 11) is 1.83. The largest absolute Gasteiger partial charge is 0.504 e. The fraction of sp³-hybridized carbons (Fsp3) is 0.793. The molecule has 4 saturated carbocycles. The number of likely N-dealkylation sites (tertiary alicyclic amines) is 1. The molecule has 34 heavy (non-hydrogen) atoms. The highest BCUT2D eigenvalue weighted by molar-refractivity contribution is 5.63. The van der Waals surface area contributed by atoms with E-state index in [9.17, 15) is 10.2 Å². The molecule has 5 fully saturated rings. The number of nitrogens with zero attached hydrogens (tertiary/aromatic N) is 1. The van der Waals surface area contributed by atoms with Gasteiger partial charge in [0.1, 0.15) is 11.7 Å². The van der Waals surface area contributed by atoms with Crippen LogP contribution in [0.15, 0.2) is 12.1 Å². The molecule has 2 spiro atoms. The van der Waals surface area contributed by atoms with E-state index in [1.807, 2.05) is 20.1 Å². The minimum absolute atomic E-state index is 0.0294. The van der Waals surface area contributed by atoms with Crippen LogP contribution in [0, 0.1) is 22.7 Å². The number of hydrogen-bond acceptors (Lipinski definition) is 5. The van der Waals surface area contributed by atoms with Gasteiger partial charge in [-0.15, -0.1) is 0 Å². The lowest BCUT2D eigenvalue weighted by Gasteiger charge is -2.75. The van der Waals surface area contributed by atoms with E-state index in [1.54, 1.807) is 0 Å². The van der Waals surface area contributed by atoms with Crippen molar-refractivity contribution in [2.24, 2.45) is 22.7 Å². The number of rotatable bonds is 4. The summed E-state index contributed by atoms with van der Waals surface area (Å²) in [4.78, 5) is 2.82. The number of phenols is 1. The number of ether oxygens (including phenoxy) is 2. The highest BCUT2D eigenvalue weighted by atomic mass is 16.6. The zero-order valence-electron chi connectivity index (χ0n) is 21.5. The van der Waals surface area contributed by atoms with E-state index in [2.05, 4.69) is 31.7 Å². The van der Waals surface area contributed by atoms with Gasteiger partial charge in [-0.05, 0) is 81.4 Å². The van der Waals surface area contributed by atoms with Gasteiger partial charge in [0, 0.05) is 42.0 Å². The zero-order valence-corrected chi connectivity index (χ0v) is 21.5. The molecule has 2 N–H and O–H groups in total. The van der Waals surface area contributed by atoms with Gasteiger partial charge < -0.3 is 19.7 Å². The fourth-order valence-electron chi connectivity index (χ4n) is 9.58. The van der Waals surface area contributed by atoms with E-state index in [0.717, 1.165) is 44.6 Å². The molecule has 8 rings (SSSR count). The second kappa shape index (κ2) is 6.33. The first kappa shape index (κ1) is 21.9. The maximum atomic E-state index is 12.2. The van der Waals surface area contributed by atoms with Crippen molar-refractivity contribution < 1.29 is 19.7 Å². The Balaban J connectivity index is 1.47. The zero-order chi connectivity index (χ0) is 23.9. The maximum absolute atomic E-state index is 12.2. The van der Waals surface area contributed by atoms with E-state index >= 15 is 0 Å². The topological polar surface area (TPSA) is 62.2 Å². The van der Waals surface area contributed by atoms with E-state index < -0.39 is 11.2 Å². The molecule has 4 unspecified atom stereocenters. The average molecular weight is 468 g/mol. The first-order valence-corrected chi connectivity index (χ1v) is 13.6. The third-order valence-electron chi connectivity index (χ3n) is 11.9. The third kappa shape index (κ3) is 2.25. The number of aliphatic hydroxyl groups is 1. The Kier molecular flexibility index (Phi) is 4.08. The lowest BCUT2D eigenvalue weighted by molar-refractivity contribution is -0.312. The Labute approximate surface area is 203 Å². The van der Waals surface area contributed by atoms with E-state index in [0.29, 0.717) is 11.8 Å². The van der Waals surface area contributed by atoms with Crippen LogP contribution in [0.5, 0.6) is 11.5 Å². The van der Waals surface area contributed by atoms with Gasteiger partial charge in [-0.1, -0.05) is 26.8 Å². The SMILES string of the molecule is COC12CCC3(CC1[C@](C)(O)C(C)(C)C)C1Cc4ccc(O)c5c4[C@@]3(CCN1CC1CC1)[C@H]2O5. The molecular weight excluding hydrogens is 426 g/mol. The molecule has 7 atom stereocenters. The van der Waals surface area contributed by atoms with Crippen LogP contribution in [0.25, 0.3) is 0 Å². The van der Waals surface area contributed by atoms with Gasteiger partial charge >= 0.3 is 0 Å². The molecule has 1 aromatic rings. The number of phenolic OH excluding ortho intramolecular Hbond substituents is 1.